The molecule has 6 heteroatoms. The third-order valence-corrected chi connectivity index (χ3v) is 6.93. The molecule has 1 aliphatic heterocycles. The lowest BCUT2D eigenvalue weighted by molar-refractivity contribution is 0.0924. The monoisotopic (exact) mass is 439 g/mol. The minimum absolute atomic E-state index is 0.0473. The van der Waals surface area contributed by atoms with Crippen LogP contribution in [0.15, 0.2) is 48.5 Å². The highest BCUT2D eigenvalue weighted by Crippen LogP contribution is 2.28. The van der Waals surface area contributed by atoms with Crippen LogP contribution < -0.4 is 10.2 Å². The van der Waals surface area contributed by atoms with E-state index in [1.807, 2.05) is 28.9 Å². The maximum Gasteiger partial charge on any atom is 0.272 e. The molecule has 6 nitrogen and oxygen atoms in total. The molecule has 0 spiro atoms. The number of aryl methyl sites for hydroxylation is 1. The molecule has 0 atom stereocenters. The number of nitrogens with zero attached hydrogens (tertiary/aromatic N) is 4. The fraction of sp³-hybridized carbons (Fsp3) is 0.370. The number of fused-ring (bicyclic) bond motifs is 1. The molecule has 1 fully saturated rings. The van der Waals surface area contributed by atoms with E-state index in [4.69, 9.17) is 10.4 Å². The molecule has 0 radical (unpaired) electrons. The zero-order valence-corrected chi connectivity index (χ0v) is 19.1. The van der Waals surface area contributed by atoms with E-state index in [1.54, 1.807) is 0 Å². The Kier molecular flexibility index (Phi) is 5.87. The maximum atomic E-state index is 13.2. The van der Waals surface area contributed by atoms with Gasteiger partial charge in [-0.05, 0) is 80.5 Å². The van der Waals surface area contributed by atoms with Crippen LogP contribution in [0.5, 0.6) is 0 Å². The lowest BCUT2D eigenvalue weighted by atomic mass is 10.0. The number of hydrogen-bond acceptors (Lipinski definition) is 4. The molecule has 1 aromatic heterocycles. The number of aromatic nitrogens is 2. The zero-order valence-electron chi connectivity index (χ0n) is 19.1. The molecule has 33 heavy (non-hydrogen) atoms. The fourth-order valence-corrected chi connectivity index (χ4v) is 4.99. The van der Waals surface area contributed by atoms with Gasteiger partial charge in [-0.25, -0.2) is 4.68 Å². The summed E-state index contributed by atoms with van der Waals surface area (Å²) in [7, 11) is 0. The van der Waals surface area contributed by atoms with Crippen LogP contribution in [0.3, 0.4) is 0 Å². The third kappa shape index (κ3) is 4.23. The molecule has 1 saturated heterocycles. The molecule has 1 aliphatic carbocycles. The highest BCUT2D eigenvalue weighted by molar-refractivity contribution is 5.94. The summed E-state index contributed by atoms with van der Waals surface area (Å²) in [5.41, 5.74) is 7.02. The first kappa shape index (κ1) is 21.3. The Hall–Kier alpha value is -3.59. The van der Waals surface area contributed by atoms with Crippen LogP contribution in [-0.4, -0.2) is 34.8 Å². The van der Waals surface area contributed by atoms with Gasteiger partial charge in [0.05, 0.1) is 17.3 Å². The number of amides is 1. The van der Waals surface area contributed by atoms with E-state index in [1.165, 1.54) is 11.3 Å². The maximum absolute atomic E-state index is 13.2. The van der Waals surface area contributed by atoms with E-state index < -0.39 is 0 Å². The lowest BCUT2D eigenvalue weighted by Crippen LogP contribution is -2.45. The molecule has 2 heterocycles. The van der Waals surface area contributed by atoms with Crippen molar-refractivity contribution in [1.29, 1.82) is 5.26 Å². The largest absolute Gasteiger partial charge is 0.371 e. The van der Waals surface area contributed by atoms with E-state index >= 15 is 0 Å². The van der Waals surface area contributed by atoms with Crippen molar-refractivity contribution < 1.29 is 4.79 Å². The van der Waals surface area contributed by atoms with E-state index in [-0.39, 0.29) is 11.9 Å². The van der Waals surface area contributed by atoms with Crippen molar-refractivity contribution >= 4 is 11.6 Å². The summed E-state index contributed by atoms with van der Waals surface area (Å²) in [5, 5.41) is 17.0. The summed E-state index contributed by atoms with van der Waals surface area (Å²) >= 11 is 0. The van der Waals surface area contributed by atoms with Crippen LogP contribution in [0.1, 0.15) is 59.1 Å². The van der Waals surface area contributed by atoms with Gasteiger partial charge in [-0.1, -0.05) is 19.1 Å². The van der Waals surface area contributed by atoms with Crippen molar-refractivity contribution in [2.45, 2.75) is 51.5 Å². The van der Waals surface area contributed by atoms with Gasteiger partial charge in [0.1, 0.15) is 0 Å². The molecular formula is C27H29N5O. The number of piperidine rings is 1. The van der Waals surface area contributed by atoms with Gasteiger partial charge in [-0.3, -0.25) is 4.79 Å². The quantitative estimate of drug-likeness (QED) is 0.647. The Morgan fingerprint density at radius 2 is 1.76 bits per heavy atom. The number of carbonyl (C=O) groups is 1. The third-order valence-electron chi connectivity index (χ3n) is 6.93. The number of carbonyl (C=O) groups excluding carboxylic acids is 1. The molecule has 2 aliphatic rings. The number of anilines is 1. The highest BCUT2D eigenvalue weighted by atomic mass is 16.2. The Labute approximate surface area is 194 Å². The van der Waals surface area contributed by atoms with Gasteiger partial charge >= 0.3 is 0 Å². The lowest BCUT2D eigenvalue weighted by Gasteiger charge is -2.34. The van der Waals surface area contributed by atoms with Crippen LogP contribution in [0, 0.1) is 11.3 Å². The van der Waals surface area contributed by atoms with Gasteiger partial charge in [-0.15, -0.1) is 0 Å². The number of rotatable bonds is 5. The van der Waals surface area contributed by atoms with E-state index in [2.05, 4.69) is 47.5 Å². The number of benzene rings is 2. The molecule has 168 valence electrons. The molecule has 1 amide bonds. The van der Waals surface area contributed by atoms with Crippen molar-refractivity contribution in [3.8, 4) is 11.8 Å². The predicted octanol–water partition coefficient (Wildman–Crippen LogP) is 4.19. The normalized spacial score (nSPS) is 15.8. The second-order valence-corrected chi connectivity index (χ2v) is 8.95. The summed E-state index contributed by atoms with van der Waals surface area (Å²) in [4.78, 5) is 15.5. The average Bonchev–Trinajstić information content (AvgIpc) is 3.48. The molecule has 5 rings (SSSR count). The molecular weight excluding hydrogens is 410 g/mol. The van der Waals surface area contributed by atoms with E-state index in [0.717, 1.165) is 68.6 Å². The van der Waals surface area contributed by atoms with Gasteiger partial charge < -0.3 is 10.2 Å². The average molecular weight is 440 g/mol. The summed E-state index contributed by atoms with van der Waals surface area (Å²) < 4.78 is 1.98. The SMILES string of the molecule is CCc1ccc(-n2nc(C(=O)NC3CCN(c4ccc(C#N)cc4)CC3)c3c2CCC3)cc1. The van der Waals surface area contributed by atoms with Crippen molar-refractivity contribution in [1.82, 2.24) is 15.1 Å². The first-order valence-electron chi connectivity index (χ1n) is 11.9. The number of nitriles is 1. The van der Waals surface area contributed by atoms with Gasteiger partial charge in [0.15, 0.2) is 5.69 Å². The van der Waals surface area contributed by atoms with Crippen LogP contribution in [0.4, 0.5) is 5.69 Å². The standard InChI is InChI=1S/C27H29N5O/c1-2-19-6-12-23(13-7-19)32-25-5-3-4-24(25)26(30-32)27(33)29-21-14-16-31(17-15-21)22-10-8-20(18-28)9-11-22/h6-13,21H,2-5,14-17H2,1H3,(H,29,33). The summed E-state index contributed by atoms with van der Waals surface area (Å²) in [6.07, 6.45) is 5.76. The molecule has 3 aromatic rings. The Balaban J connectivity index is 1.26. The van der Waals surface area contributed by atoms with Crippen LogP contribution in [-0.2, 0) is 19.3 Å². The molecule has 0 unspecified atom stereocenters. The molecule has 1 N–H and O–H groups in total. The fourth-order valence-electron chi connectivity index (χ4n) is 4.99. The summed E-state index contributed by atoms with van der Waals surface area (Å²) in [5.74, 6) is -0.0473. The number of nitrogens with one attached hydrogen (secondary N) is 1. The highest BCUT2D eigenvalue weighted by Gasteiger charge is 2.29. The van der Waals surface area contributed by atoms with E-state index in [9.17, 15) is 4.79 Å². The van der Waals surface area contributed by atoms with Crippen LogP contribution in [0.2, 0.25) is 0 Å². The predicted molar refractivity (Wildman–Crippen MR) is 129 cm³/mol. The van der Waals surface area contributed by atoms with Gasteiger partial charge in [-0.2, -0.15) is 10.4 Å². The van der Waals surface area contributed by atoms with Crippen LogP contribution in [0.25, 0.3) is 5.69 Å². The molecule has 2 aromatic carbocycles. The second kappa shape index (κ2) is 9.11. The van der Waals surface area contributed by atoms with Gasteiger partial charge in [0.2, 0.25) is 0 Å². The summed E-state index contributed by atoms with van der Waals surface area (Å²) in [6.45, 7) is 3.91. The Morgan fingerprint density at radius 1 is 1.06 bits per heavy atom. The van der Waals surface area contributed by atoms with E-state index in [0.29, 0.717) is 11.3 Å². The number of hydrogen-bond donors (Lipinski definition) is 1. The van der Waals surface area contributed by atoms with Gasteiger partial charge in [0, 0.05) is 36.1 Å². The van der Waals surface area contributed by atoms with Crippen molar-refractivity contribution in [3.63, 3.8) is 0 Å². The molecule has 0 bridgehead atoms. The Morgan fingerprint density at radius 3 is 2.42 bits per heavy atom. The summed E-state index contributed by atoms with van der Waals surface area (Å²) in [6, 6.07) is 18.5. The molecule has 0 saturated carbocycles. The topological polar surface area (TPSA) is 74.0 Å². The van der Waals surface area contributed by atoms with Crippen molar-refractivity contribution in [2.75, 3.05) is 18.0 Å². The minimum atomic E-state index is -0.0473. The zero-order chi connectivity index (χ0) is 22.8. The van der Waals surface area contributed by atoms with Crippen molar-refractivity contribution in [3.05, 3.63) is 76.6 Å². The first-order valence-corrected chi connectivity index (χ1v) is 11.9. The Bertz CT molecular complexity index is 1180. The van der Waals surface area contributed by atoms with Crippen LogP contribution >= 0.6 is 0 Å². The smallest absolute Gasteiger partial charge is 0.272 e. The second-order valence-electron chi connectivity index (χ2n) is 8.95. The minimum Gasteiger partial charge on any atom is -0.371 e. The van der Waals surface area contributed by atoms with Crippen molar-refractivity contribution in [2.24, 2.45) is 0 Å². The first-order chi connectivity index (χ1) is 16.2. The van der Waals surface area contributed by atoms with Gasteiger partial charge in [0.25, 0.3) is 5.91 Å².